The van der Waals surface area contributed by atoms with Crippen molar-refractivity contribution in [1.29, 1.82) is 0 Å². The molecule has 0 saturated heterocycles. The van der Waals surface area contributed by atoms with Gasteiger partial charge in [-0.25, -0.2) is 0 Å². The summed E-state index contributed by atoms with van der Waals surface area (Å²) in [6, 6.07) is 12.3. The SMILES string of the molecule is CCNCc1cccc(Cl)c1OCc1cc(C)cc(C)c1. The lowest BCUT2D eigenvalue weighted by atomic mass is 10.1. The zero-order valence-electron chi connectivity index (χ0n) is 12.9. The Bertz CT molecular complexity index is 590. The van der Waals surface area contributed by atoms with Crippen molar-refractivity contribution in [1.82, 2.24) is 5.32 Å². The second-order valence-corrected chi connectivity index (χ2v) is 5.70. The molecule has 1 N–H and O–H groups in total. The lowest BCUT2D eigenvalue weighted by Crippen LogP contribution is -2.13. The van der Waals surface area contributed by atoms with Crippen LogP contribution in [0.25, 0.3) is 0 Å². The van der Waals surface area contributed by atoms with Crippen molar-refractivity contribution in [3.05, 3.63) is 63.7 Å². The van der Waals surface area contributed by atoms with Gasteiger partial charge in [-0.1, -0.05) is 60.0 Å². The quantitative estimate of drug-likeness (QED) is 0.839. The van der Waals surface area contributed by atoms with E-state index in [1.165, 1.54) is 16.7 Å². The van der Waals surface area contributed by atoms with Crippen molar-refractivity contribution in [3.8, 4) is 5.75 Å². The highest BCUT2D eigenvalue weighted by Gasteiger charge is 2.08. The lowest BCUT2D eigenvalue weighted by Gasteiger charge is -2.14. The van der Waals surface area contributed by atoms with Crippen molar-refractivity contribution in [2.75, 3.05) is 6.54 Å². The largest absolute Gasteiger partial charge is 0.487 e. The first-order valence-corrected chi connectivity index (χ1v) is 7.66. The molecule has 0 saturated carbocycles. The molecule has 0 aromatic heterocycles. The van der Waals surface area contributed by atoms with Crippen molar-refractivity contribution in [3.63, 3.8) is 0 Å². The van der Waals surface area contributed by atoms with Crippen LogP contribution in [0.4, 0.5) is 0 Å². The van der Waals surface area contributed by atoms with Gasteiger partial charge in [0.15, 0.2) is 0 Å². The number of ether oxygens (including phenoxy) is 1. The highest BCUT2D eigenvalue weighted by atomic mass is 35.5. The van der Waals surface area contributed by atoms with Crippen molar-refractivity contribution in [2.45, 2.75) is 33.9 Å². The summed E-state index contributed by atoms with van der Waals surface area (Å²) >= 11 is 6.28. The van der Waals surface area contributed by atoms with Crippen LogP contribution in [0.2, 0.25) is 5.02 Å². The van der Waals surface area contributed by atoms with Gasteiger partial charge in [0.05, 0.1) is 5.02 Å². The number of halogens is 1. The fourth-order valence-corrected chi connectivity index (χ4v) is 2.67. The fourth-order valence-electron chi connectivity index (χ4n) is 2.42. The highest BCUT2D eigenvalue weighted by molar-refractivity contribution is 6.32. The van der Waals surface area contributed by atoms with Crippen molar-refractivity contribution >= 4 is 11.6 Å². The minimum Gasteiger partial charge on any atom is -0.487 e. The van der Waals surface area contributed by atoms with E-state index in [-0.39, 0.29) is 0 Å². The van der Waals surface area contributed by atoms with Crippen molar-refractivity contribution < 1.29 is 4.74 Å². The van der Waals surface area contributed by atoms with Gasteiger partial charge in [0.1, 0.15) is 12.4 Å². The topological polar surface area (TPSA) is 21.3 Å². The van der Waals surface area contributed by atoms with Crippen LogP contribution < -0.4 is 10.1 Å². The third-order valence-corrected chi connectivity index (χ3v) is 3.58. The Morgan fingerprint density at radius 2 is 1.81 bits per heavy atom. The number of hydrogen-bond donors (Lipinski definition) is 1. The summed E-state index contributed by atoms with van der Waals surface area (Å²) in [5.41, 5.74) is 4.76. The zero-order chi connectivity index (χ0) is 15.2. The molecule has 0 aliphatic rings. The lowest BCUT2D eigenvalue weighted by molar-refractivity contribution is 0.302. The smallest absolute Gasteiger partial charge is 0.142 e. The Kier molecular flexibility index (Phi) is 5.66. The van der Waals surface area contributed by atoms with Crippen LogP contribution >= 0.6 is 11.6 Å². The van der Waals surface area contributed by atoms with E-state index >= 15 is 0 Å². The fraction of sp³-hybridized carbons (Fsp3) is 0.333. The van der Waals surface area contributed by atoms with Crippen LogP contribution in [0, 0.1) is 13.8 Å². The molecule has 0 heterocycles. The minimum atomic E-state index is 0.533. The molecule has 21 heavy (non-hydrogen) atoms. The van der Waals surface area contributed by atoms with Gasteiger partial charge in [0.2, 0.25) is 0 Å². The van der Waals surface area contributed by atoms with Gasteiger partial charge < -0.3 is 10.1 Å². The van der Waals surface area contributed by atoms with E-state index in [1.54, 1.807) is 0 Å². The number of aryl methyl sites for hydroxylation is 2. The Morgan fingerprint density at radius 3 is 2.48 bits per heavy atom. The second-order valence-electron chi connectivity index (χ2n) is 5.29. The van der Waals surface area contributed by atoms with Crippen LogP contribution in [-0.2, 0) is 13.2 Å². The molecule has 0 radical (unpaired) electrons. The van der Waals surface area contributed by atoms with E-state index in [0.29, 0.717) is 11.6 Å². The monoisotopic (exact) mass is 303 g/mol. The predicted octanol–water partition coefficient (Wildman–Crippen LogP) is 4.65. The van der Waals surface area contributed by atoms with Crippen LogP contribution in [0.1, 0.15) is 29.2 Å². The standard InChI is InChI=1S/C18H22ClNO/c1-4-20-11-16-6-5-7-17(19)18(16)21-12-15-9-13(2)8-14(3)10-15/h5-10,20H,4,11-12H2,1-3H3. The molecule has 0 bridgehead atoms. The molecule has 2 rings (SSSR count). The van der Waals surface area contributed by atoms with Gasteiger partial charge in [0.25, 0.3) is 0 Å². The van der Waals surface area contributed by atoms with E-state index < -0.39 is 0 Å². The average molecular weight is 304 g/mol. The van der Waals surface area contributed by atoms with E-state index in [2.05, 4.69) is 44.3 Å². The van der Waals surface area contributed by atoms with E-state index in [0.717, 1.165) is 24.4 Å². The minimum absolute atomic E-state index is 0.533. The maximum absolute atomic E-state index is 6.28. The van der Waals surface area contributed by atoms with Gasteiger partial charge in [0, 0.05) is 12.1 Å². The van der Waals surface area contributed by atoms with Crippen LogP contribution in [0.3, 0.4) is 0 Å². The van der Waals surface area contributed by atoms with Gasteiger partial charge >= 0.3 is 0 Å². The number of nitrogens with one attached hydrogen (secondary N) is 1. The Labute approximate surface area is 132 Å². The first-order valence-electron chi connectivity index (χ1n) is 7.28. The summed E-state index contributed by atoms with van der Waals surface area (Å²) in [7, 11) is 0. The van der Waals surface area contributed by atoms with Crippen LogP contribution in [0.5, 0.6) is 5.75 Å². The normalized spacial score (nSPS) is 10.7. The molecule has 0 aliphatic carbocycles. The molecular formula is C18H22ClNO. The molecule has 2 aromatic rings. The van der Waals surface area contributed by atoms with Gasteiger partial charge in [-0.2, -0.15) is 0 Å². The maximum Gasteiger partial charge on any atom is 0.142 e. The number of benzene rings is 2. The number of rotatable bonds is 6. The molecule has 0 amide bonds. The summed E-state index contributed by atoms with van der Waals surface area (Å²) in [6.45, 7) is 8.50. The second kappa shape index (κ2) is 7.48. The highest BCUT2D eigenvalue weighted by Crippen LogP contribution is 2.29. The Hall–Kier alpha value is -1.51. The summed E-state index contributed by atoms with van der Waals surface area (Å²) < 4.78 is 5.99. The van der Waals surface area contributed by atoms with E-state index in [4.69, 9.17) is 16.3 Å². The maximum atomic E-state index is 6.28. The van der Waals surface area contributed by atoms with E-state index in [1.807, 2.05) is 18.2 Å². The first-order chi connectivity index (χ1) is 10.1. The summed E-state index contributed by atoms with van der Waals surface area (Å²) in [4.78, 5) is 0. The average Bonchev–Trinajstić information content (AvgIpc) is 2.43. The molecule has 0 aliphatic heterocycles. The van der Waals surface area contributed by atoms with Gasteiger partial charge in [-0.05, 0) is 32.0 Å². The third-order valence-electron chi connectivity index (χ3n) is 3.28. The number of para-hydroxylation sites is 1. The zero-order valence-corrected chi connectivity index (χ0v) is 13.6. The first kappa shape index (κ1) is 15.9. The summed E-state index contributed by atoms with van der Waals surface area (Å²) in [6.07, 6.45) is 0. The molecule has 3 heteroatoms. The predicted molar refractivity (Wildman–Crippen MR) is 89.1 cm³/mol. The van der Waals surface area contributed by atoms with Gasteiger partial charge in [-0.3, -0.25) is 0 Å². The summed E-state index contributed by atoms with van der Waals surface area (Å²) in [5, 5.41) is 3.97. The Balaban J connectivity index is 2.15. The molecule has 0 unspecified atom stereocenters. The van der Waals surface area contributed by atoms with Crippen molar-refractivity contribution in [2.24, 2.45) is 0 Å². The molecular weight excluding hydrogens is 282 g/mol. The molecule has 0 atom stereocenters. The summed E-state index contributed by atoms with van der Waals surface area (Å²) in [5.74, 6) is 0.777. The molecule has 2 aromatic carbocycles. The third kappa shape index (κ3) is 4.48. The van der Waals surface area contributed by atoms with E-state index in [9.17, 15) is 0 Å². The molecule has 112 valence electrons. The van der Waals surface area contributed by atoms with Gasteiger partial charge in [-0.15, -0.1) is 0 Å². The Morgan fingerprint density at radius 1 is 1.10 bits per heavy atom. The molecule has 2 nitrogen and oxygen atoms in total. The molecule has 0 spiro atoms. The molecule has 0 fully saturated rings. The van der Waals surface area contributed by atoms with Crippen LogP contribution in [0.15, 0.2) is 36.4 Å². The van der Waals surface area contributed by atoms with Crippen LogP contribution in [-0.4, -0.2) is 6.54 Å². The number of hydrogen-bond acceptors (Lipinski definition) is 2.